The summed E-state index contributed by atoms with van der Waals surface area (Å²) in [5.41, 5.74) is 9.08. The van der Waals surface area contributed by atoms with Crippen molar-refractivity contribution in [2.24, 2.45) is 4.99 Å². The lowest BCUT2D eigenvalue weighted by Crippen LogP contribution is -2.37. The zero-order chi connectivity index (χ0) is 35.8. The third-order valence-electron chi connectivity index (χ3n) is 9.82. The molecule has 0 unspecified atom stereocenters. The van der Waals surface area contributed by atoms with E-state index in [2.05, 4.69) is 106 Å². The quantitative estimate of drug-likeness (QED) is 0.124. The summed E-state index contributed by atoms with van der Waals surface area (Å²) in [6.45, 7) is 2.31. The first-order chi connectivity index (χ1) is 25.3. The molecule has 1 amide bonds. The molecular formula is C42H34Cl2IN3O3S. The molecule has 0 bridgehead atoms. The van der Waals surface area contributed by atoms with Crippen LogP contribution >= 0.6 is 57.6 Å². The van der Waals surface area contributed by atoms with Crippen molar-refractivity contribution in [1.29, 1.82) is 0 Å². The highest BCUT2D eigenvalue weighted by Gasteiger charge is 2.35. The van der Waals surface area contributed by atoms with Gasteiger partial charge < -0.3 is 19.7 Å². The zero-order valence-electron chi connectivity index (χ0n) is 28.2. The van der Waals surface area contributed by atoms with Gasteiger partial charge in [0.15, 0.2) is 16.7 Å². The first-order valence-electron chi connectivity index (χ1n) is 17.1. The van der Waals surface area contributed by atoms with Crippen molar-refractivity contribution in [3.8, 4) is 11.5 Å². The molecule has 2 atom stereocenters. The number of carbonyl (C=O) groups is 1. The van der Waals surface area contributed by atoms with Crippen LogP contribution in [0.3, 0.4) is 0 Å². The summed E-state index contributed by atoms with van der Waals surface area (Å²) in [6, 6.07) is 35.2. The number of ether oxygens (including phenoxy) is 2. The predicted octanol–water partition coefficient (Wildman–Crippen LogP) is 11.0. The number of anilines is 1. The van der Waals surface area contributed by atoms with Gasteiger partial charge in [-0.3, -0.25) is 4.79 Å². The normalized spacial score (nSPS) is 19.5. The number of amidine groups is 1. The number of carbonyl (C=O) groups excluding carboxylic acids is 1. The molecule has 0 spiro atoms. The molecule has 3 heterocycles. The second-order valence-corrected chi connectivity index (χ2v) is 16.0. The van der Waals surface area contributed by atoms with Gasteiger partial charge in [0.1, 0.15) is 6.61 Å². The van der Waals surface area contributed by atoms with Crippen molar-refractivity contribution >= 4 is 86.1 Å². The summed E-state index contributed by atoms with van der Waals surface area (Å²) in [6.07, 6.45) is 3.95. The molecule has 8 rings (SSSR count). The Labute approximate surface area is 331 Å². The van der Waals surface area contributed by atoms with Gasteiger partial charge in [-0.2, -0.15) is 0 Å². The number of aliphatic imine (C=N–C) groups is 1. The molecule has 3 aliphatic heterocycles. The molecule has 262 valence electrons. The average molecular weight is 859 g/mol. The lowest BCUT2D eigenvalue weighted by Gasteiger charge is -2.43. The minimum atomic E-state index is -0.190. The summed E-state index contributed by atoms with van der Waals surface area (Å²) in [5.74, 6) is 1.51. The Hall–Kier alpha value is -3.96. The van der Waals surface area contributed by atoms with E-state index in [1.807, 2.05) is 24.3 Å². The molecule has 3 aliphatic rings. The van der Waals surface area contributed by atoms with Crippen LogP contribution in [0.2, 0.25) is 10.0 Å². The highest BCUT2D eigenvalue weighted by Crippen LogP contribution is 2.50. The lowest BCUT2D eigenvalue weighted by atomic mass is 9.76. The van der Waals surface area contributed by atoms with Crippen molar-refractivity contribution < 1.29 is 14.3 Å². The van der Waals surface area contributed by atoms with Crippen molar-refractivity contribution in [2.75, 3.05) is 25.1 Å². The van der Waals surface area contributed by atoms with Gasteiger partial charge >= 0.3 is 0 Å². The molecule has 0 aromatic heterocycles. The van der Waals surface area contributed by atoms with Crippen LogP contribution in [0.5, 0.6) is 11.5 Å². The molecule has 1 fully saturated rings. The van der Waals surface area contributed by atoms with E-state index in [4.69, 9.17) is 37.7 Å². The third-order valence-corrected chi connectivity index (χ3v) is 12.1. The maximum absolute atomic E-state index is 13.3. The van der Waals surface area contributed by atoms with Crippen LogP contribution in [0.4, 0.5) is 11.4 Å². The lowest BCUT2D eigenvalue weighted by molar-refractivity contribution is -0.115. The average Bonchev–Trinajstić information content (AvgIpc) is 3.49. The minimum absolute atomic E-state index is 0.190. The minimum Gasteiger partial charge on any atom is -0.493 e. The summed E-state index contributed by atoms with van der Waals surface area (Å²) in [7, 11) is 1.60. The molecule has 0 aliphatic carbocycles. The number of rotatable bonds is 8. The zero-order valence-corrected chi connectivity index (χ0v) is 32.7. The van der Waals surface area contributed by atoms with Crippen LogP contribution in [-0.4, -0.2) is 31.3 Å². The van der Waals surface area contributed by atoms with Crippen molar-refractivity contribution in [3.63, 3.8) is 0 Å². The van der Waals surface area contributed by atoms with Gasteiger partial charge in [-0.05, 0) is 117 Å². The molecule has 10 heteroatoms. The number of thioether (sulfide) groups is 1. The molecule has 1 saturated heterocycles. The largest absolute Gasteiger partial charge is 0.493 e. The summed E-state index contributed by atoms with van der Waals surface area (Å²) < 4.78 is 12.7. The second kappa shape index (κ2) is 15.2. The van der Waals surface area contributed by atoms with E-state index in [-0.39, 0.29) is 24.3 Å². The molecule has 0 saturated carbocycles. The van der Waals surface area contributed by atoms with Crippen molar-refractivity contribution in [1.82, 2.24) is 5.32 Å². The monoisotopic (exact) mass is 857 g/mol. The van der Waals surface area contributed by atoms with Crippen LogP contribution in [0, 0.1) is 3.57 Å². The smallest absolute Gasteiger partial charge is 0.264 e. The third kappa shape index (κ3) is 7.18. The van der Waals surface area contributed by atoms with E-state index in [0.717, 1.165) is 46.3 Å². The first kappa shape index (κ1) is 35.1. The number of benzene rings is 5. The molecular weight excluding hydrogens is 824 g/mol. The van der Waals surface area contributed by atoms with E-state index in [9.17, 15) is 4.79 Å². The van der Waals surface area contributed by atoms with E-state index in [1.165, 1.54) is 39.7 Å². The number of halogens is 3. The highest BCUT2D eigenvalue weighted by molar-refractivity contribution is 14.1. The van der Waals surface area contributed by atoms with Gasteiger partial charge in [0.05, 0.1) is 21.3 Å². The Morgan fingerprint density at radius 3 is 2.17 bits per heavy atom. The topological polar surface area (TPSA) is 63.2 Å². The molecule has 6 nitrogen and oxygen atoms in total. The van der Waals surface area contributed by atoms with Crippen molar-refractivity contribution in [2.45, 2.75) is 31.3 Å². The Balaban J connectivity index is 1.10. The SMILES string of the molecule is COc1cc(/C=C2\SC(=Nc3cc4c5c(c3)[C@H](c3ccccc3)CCN5CC[C@H]4c3ccccc3)NC2=O)cc(I)c1OCc1ccc(Cl)cc1Cl. The van der Waals surface area contributed by atoms with Crippen LogP contribution in [0.25, 0.3) is 6.08 Å². The van der Waals surface area contributed by atoms with Gasteiger partial charge in [-0.1, -0.05) is 89.9 Å². The molecule has 52 heavy (non-hydrogen) atoms. The standard InChI is InChI=1S/C42H34Cl2IN3O3S/c1-50-37-19-25(18-36(45)40(37)51-24-28-12-13-29(43)21-35(28)44)20-38-41(49)47-42(52-38)46-30-22-33-31(26-8-4-2-5-9-26)14-16-48-17-15-32(34(23-30)39(33)48)27-10-6-3-7-11-27/h2-13,18-23,31-32H,14-17,24H2,1H3,(H,46,47,49)/b38-20-/t31-,32-/m0/s1. The number of amides is 1. The van der Waals surface area contributed by atoms with Crippen LogP contribution in [-0.2, 0) is 11.4 Å². The summed E-state index contributed by atoms with van der Waals surface area (Å²) in [4.78, 5) is 21.5. The number of hydrogen-bond acceptors (Lipinski definition) is 6. The molecule has 5 aromatic carbocycles. The Morgan fingerprint density at radius 1 is 0.904 bits per heavy atom. The maximum Gasteiger partial charge on any atom is 0.264 e. The predicted molar refractivity (Wildman–Crippen MR) is 222 cm³/mol. The van der Waals surface area contributed by atoms with Crippen LogP contribution < -0.4 is 19.7 Å². The van der Waals surface area contributed by atoms with E-state index < -0.39 is 0 Å². The summed E-state index contributed by atoms with van der Waals surface area (Å²) >= 11 is 16.0. The second-order valence-electron chi connectivity index (χ2n) is 13.0. The molecule has 5 aromatic rings. The molecule has 1 N–H and O–H groups in total. The highest BCUT2D eigenvalue weighted by atomic mass is 127. The van der Waals surface area contributed by atoms with E-state index >= 15 is 0 Å². The molecule has 0 radical (unpaired) electrons. The first-order valence-corrected chi connectivity index (χ1v) is 19.8. The Bertz CT molecular complexity index is 2160. The van der Waals surface area contributed by atoms with Crippen LogP contribution in [0.15, 0.2) is 113 Å². The number of nitrogens with zero attached hydrogens (tertiary/aromatic N) is 2. The van der Waals surface area contributed by atoms with Crippen molar-refractivity contribution in [3.05, 3.63) is 155 Å². The maximum atomic E-state index is 13.3. The Morgan fingerprint density at radius 2 is 1.56 bits per heavy atom. The van der Waals surface area contributed by atoms with Gasteiger partial charge in [-0.15, -0.1) is 0 Å². The van der Waals surface area contributed by atoms with E-state index in [1.54, 1.807) is 19.2 Å². The number of hydrogen-bond donors (Lipinski definition) is 1. The fraction of sp³-hybridized carbons (Fsp3) is 0.190. The van der Waals surface area contributed by atoms with E-state index in [0.29, 0.717) is 31.6 Å². The summed E-state index contributed by atoms with van der Waals surface area (Å²) in [5, 5.41) is 4.68. The fourth-order valence-electron chi connectivity index (χ4n) is 7.41. The van der Waals surface area contributed by atoms with Gasteiger partial charge in [0, 0.05) is 46.2 Å². The Kier molecular flexibility index (Phi) is 10.2. The van der Waals surface area contributed by atoms with Gasteiger partial charge in [0.25, 0.3) is 5.91 Å². The number of methoxy groups -OCH3 is 1. The van der Waals surface area contributed by atoms with Gasteiger partial charge in [0.2, 0.25) is 0 Å². The fourth-order valence-corrected chi connectivity index (χ4v) is 9.49. The van der Waals surface area contributed by atoms with Crippen LogP contribution in [0.1, 0.15) is 58.1 Å². The van der Waals surface area contributed by atoms with Gasteiger partial charge in [-0.25, -0.2) is 4.99 Å². The number of nitrogens with one attached hydrogen (secondary N) is 1.